The van der Waals surface area contributed by atoms with E-state index in [1.54, 1.807) is 18.2 Å². The molecule has 0 radical (unpaired) electrons. The van der Waals surface area contributed by atoms with E-state index in [-0.39, 0.29) is 53.0 Å². The minimum Gasteiger partial charge on any atom is -1.00 e. The first kappa shape index (κ1) is 26.0. The Morgan fingerprint density at radius 1 is 0.971 bits per heavy atom. The molecule has 4 saturated heterocycles. The molecule has 0 N–H and O–H groups in total. The molecule has 0 aromatic heterocycles. The van der Waals surface area contributed by atoms with Crippen LogP contribution in [0.25, 0.3) is 0 Å². The van der Waals surface area contributed by atoms with Crippen LogP contribution in [0.2, 0.25) is 0 Å². The third kappa shape index (κ3) is 5.68. The second-order valence-electron chi connectivity index (χ2n) is 10.3. The summed E-state index contributed by atoms with van der Waals surface area (Å²) in [5.41, 5.74) is 1.14. The third-order valence-corrected chi connectivity index (χ3v) is 8.06. The fourth-order valence-corrected chi connectivity index (χ4v) is 6.18. The zero-order valence-electron chi connectivity index (χ0n) is 20.1. The van der Waals surface area contributed by atoms with Crippen LogP contribution in [0.1, 0.15) is 54.1 Å². The van der Waals surface area contributed by atoms with E-state index in [0.717, 1.165) is 57.4 Å². The van der Waals surface area contributed by atoms with E-state index in [9.17, 15) is 14.0 Å². The number of esters is 1. The first-order valence-electron chi connectivity index (χ1n) is 12.7. The number of rotatable bonds is 7. The molecule has 6 rings (SSSR count). The standard InChI is InChI=1S/C28H34FN2O3.BrH/c29-24-12-6-5-11-23(24)25(32)19-31-17-13-21(14-18-31)26(20-31)34-28(33)27(22-9-3-1-4-10-22)30-15-7-2-8-16-30;/h1,3-6,9-12,21,26-27H,2,7-8,13-20H2;1H/q+1;/p-1/t21?,26-,27-,31?;/m0./s1. The number of ether oxygens (including phenoxy) is 1. The Hall–Kier alpha value is -2.09. The Bertz CT molecular complexity index is 1020. The van der Waals surface area contributed by atoms with E-state index in [4.69, 9.17) is 4.74 Å². The number of benzene rings is 2. The molecule has 0 saturated carbocycles. The topological polar surface area (TPSA) is 46.6 Å². The molecule has 2 bridgehead atoms. The predicted octanol–water partition coefficient (Wildman–Crippen LogP) is 1.39. The Balaban J connectivity index is 0.00000289. The van der Waals surface area contributed by atoms with Gasteiger partial charge in [-0.3, -0.25) is 9.69 Å². The van der Waals surface area contributed by atoms with Crippen LogP contribution in [0.3, 0.4) is 0 Å². The quantitative estimate of drug-likeness (QED) is 0.300. The molecule has 2 atom stereocenters. The molecule has 2 aromatic rings. The molecular weight excluding hydrogens is 511 g/mol. The number of quaternary nitrogens is 1. The van der Waals surface area contributed by atoms with E-state index >= 15 is 0 Å². The lowest BCUT2D eigenvalue weighted by molar-refractivity contribution is -0.938. The van der Waals surface area contributed by atoms with Gasteiger partial charge in [-0.05, 0) is 43.6 Å². The summed E-state index contributed by atoms with van der Waals surface area (Å²) in [5, 5.41) is 0. The van der Waals surface area contributed by atoms with E-state index in [1.165, 1.54) is 12.5 Å². The second-order valence-corrected chi connectivity index (χ2v) is 10.3. The number of fused-ring (bicyclic) bond motifs is 3. The Morgan fingerprint density at radius 3 is 2.31 bits per heavy atom. The molecule has 4 fully saturated rings. The van der Waals surface area contributed by atoms with Gasteiger partial charge in [0, 0.05) is 18.8 Å². The van der Waals surface area contributed by atoms with Crippen molar-refractivity contribution in [3.05, 3.63) is 71.5 Å². The van der Waals surface area contributed by atoms with Crippen molar-refractivity contribution in [1.29, 1.82) is 0 Å². The van der Waals surface area contributed by atoms with Crippen molar-refractivity contribution >= 4 is 11.8 Å². The Morgan fingerprint density at radius 2 is 1.63 bits per heavy atom. The van der Waals surface area contributed by atoms with Gasteiger partial charge >= 0.3 is 5.97 Å². The van der Waals surface area contributed by atoms with E-state index < -0.39 is 5.82 Å². The molecule has 0 amide bonds. The molecule has 35 heavy (non-hydrogen) atoms. The van der Waals surface area contributed by atoms with Crippen LogP contribution in [0.5, 0.6) is 0 Å². The van der Waals surface area contributed by atoms with Gasteiger partial charge in [0.25, 0.3) is 0 Å². The number of carbonyl (C=O) groups is 2. The van der Waals surface area contributed by atoms with Gasteiger partial charge in [0.1, 0.15) is 24.9 Å². The highest BCUT2D eigenvalue weighted by atomic mass is 79.9. The lowest BCUT2D eigenvalue weighted by atomic mass is 9.82. The number of carbonyl (C=O) groups excluding carboxylic acids is 2. The average molecular weight is 545 g/mol. The minimum absolute atomic E-state index is 0. The number of halogens is 2. The number of Topliss-reactive ketones (excluding diaryl/α,β-unsaturated/α-hetero) is 1. The van der Waals surface area contributed by atoms with Crippen molar-refractivity contribution in [3.8, 4) is 0 Å². The highest BCUT2D eigenvalue weighted by Gasteiger charge is 2.49. The van der Waals surface area contributed by atoms with Gasteiger partial charge in [-0.25, -0.2) is 9.18 Å². The molecule has 4 heterocycles. The van der Waals surface area contributed by atoms with Crippen LogP contribution in [-0.2, 0) is 9.53 Å². The zero-order valence-corrected chi connectivity index (χ0v) is 21.7. The number of nitrogens with zero attached hydrogens (tertiary/aromatic N) is 2. The maximum atomic E-state index is 14.2. The van der Waals surface area contributed by atoms with Crippen molar-refractivity contribution in [3.63, 3.8) is 0 Å². The second kappa shape index (κ2) is 11.3. The number of likely N-dealkylation sites (tertiary alicyclic amines) is 1. The number of piperidine rings is 4. The summed E-state index contributed by atoms with van der Waals surface area (Å²) < 4.78 is 21.0. The van der Waals surface area contributed by atoms with Crippen LogP contribution >= 0.6 is 0 Å². The van der Waals surface area contributed by atoms with E-state index in [2.05, 4.69) is 4.90 Å². The van der Waals surface area contributed by atoms with Crippen LogP contribution in [-0.4, -0.2) is 66.5 Å². The lowest BCUT2D eigenvalue weighted by Crippen LogP contribution is -3.00. The monoisotopic (exact) mass is 544 g/mol. The Kier molecular flexibility index (Phi) is 8.40. The van der Waals surface area contributed by atoms with Crippen molar-refractivity contribution in [2.24, 2.45) is 5.92 Å². The van der Waals surface area contributed by atoms with Crippen LogP contribution in [0, 0.1) is 11.7 Å². The summed E-state index contributed by atoms with van der Waals surface area (Å²) in [6.07, 6.45) is 5.07. The average Bonchev–Trinajstić information content (AvgIpc) is 2.86. The van der Waals surface area contributed by atoms with Crippen molar-refractivity contribution < 1.29 is 40.2 Å². The highest BCUT2D eigenvalue weighted by molar-refractivity contribution is 5.97. The van der Waals surface area contributed by atoms with Crippen molar-refractivity contribution in [2.45, 2.75) is 44.2 Å². The van der Waals surface area contributed by atoms with Gasteiger partial charge in [0.2, 0.25) is 5.78 Å². The number of ketones is 1. The van der Waals surface area contributed by atoms with Gasteiger partial charge in [-0.1, -0.05) is 48.9 Å². The maximum absolute atomic E-state index is 14.2. The first-order valence-corrected chi connectivity index (χ1v) is 12.7. The lowest BCUT2D eigenvalue weighted by Gasteiger charge is -2.51. The summed E-state index contributed by atoms with van der Waals surface area (Å²) in [7, 11) is 0. The maximum Gasteiger partial charge on any atom is 0.328 e. The summed E-state index contributed by atoms with van der Waals surface area (Å²) in [5.74, 6) is -0.470. The summed E-state index contributed by atoms with van der Waals surface area (Å²) in [4.78, 5) is 28.8. The highest BCUT2D eigenvalue weighted by Crippen LogP contribution is 2.37. The van der Waals surface area contributed by atoms with Gasteiger partial charge in [0.15, 0.2) is 6.10 Å². The Labute approximate surface area is 217 Å². The van der Waals surface area contributed by atoms with Crippen LogP contribution in [0.4, 0.5) is 4.39 Å². The van der Waals surface area contributed by atoms with Gasteiger partial charge in [0.05, 0.1) is 18.7 Å². The van der Waals surface area contributed by atoms with Crippen molar-refractivity contribution in [1.82, 2.24) is 4.90 Å². The fraction of sp³-hybridized carbons (Fsp3) is 0.500. The molecule has 5 nitrogen and oxygen atoms in total. The van der Waals surface area contributed by atoms with Crippen LogP contribution < -0.4 is 17.0 Å². The number of hydrogen-bond donors (Lipinski definition) is 0. The SMILES string of the molecule is O=C(C[N+]12CCC(CC1)[C@@H](OC(=O)[C@H](c1ccccc1)N1CCCCC1)C2)c1ccccc1F.[Br-]. The minimum atomic E-state index is -0.465. The molecule has 4 aliphatic heterocycles. The molecule has 0 spiro atoms. The first-order chi connectivity index (χ1) is 16.5. The summed E-state index contributed by atoms with van der Waals surface area (Å²) >= 11 is 0. The molecule has 7 heteroatoms. The van der Waals surface area contributed by atoms with Gasteiger partial charge < -0.3 is 26.2 Å². The van der Waals surface area contributed by atoms with E-state index in [0.29, 0.717) is 16.9 Å². The normalized spacial score (nSPS) is 27.0. The molecule has 2 aromatic carbocycles. The summed E-state index contributed by atoms with van der Waals surface area (Å²) in [6, 6.07) is 15.8. The fourth-order valence-electron chi connectivity index (χ4n) is 6.18. The zero-order chi connectivity index (χ0) is 23.5. The largest absolute Gasteiger partial charge is 1.00 e. The number of hydrogen-bond acceptors (Lipinski definition) is 4. The third-order valence-electron chi connectivity index (χ3n) is 8.06. The molecule has 0 aliphatic carbocycles. The van der Waals surface area contributed by atoms with E-state index in [1.807, 2.05) is 30.3 Å². The van der Waals surface area contributed by atoms with Gasteiger partial charge in [-0.2, -0.15) is 0 Å². The van der Waals surface area contributed by atoms with Gasteiger partial charge in [-0.15, -0.1) is 0 Å². The molecule has 0 unspecified atom stereocenters. The predicted molar refractivity (Wildman–Crippen MR) is 128 cm³/mol. The smallest absolute Gasteiger partial charge is 0.328 e. The molecular formula is C28H34BrFN2O3. The van der Waals surface area contributed by atoms with Crippen LogP contribution in [0.15, 0.2) is 54.6 Å². The molecule has 188 valence electrons. The van der Waals surface area contributed by atoms with Crippen molar-refractivity contribution in [2.75, 3.05) is 39.3 Å². The summed E-state index contributed by atoms with van der Waals surface area (Å²) in [6.45, 7) is 4.47. The molecule has 4 aliphatic rings.